The number of carboxylic acids is 1. The highest BCUT2D eigenvalue weighted by molar-refractivity contribution is 6.34. The average Bonchev–Trinajstić information content (AvgIpc) is 2.75. The van der Waals surface area contributed by atoms with Crippen molar-refractivity contribution in [1.29, 1.82) is 5.26 Å². The Bertz CT molecular complexity index is 558. The third-order valence-corrected chi connectivity index (χ3v) is 3.65. The molecule has 0 aliphatic carbocycles. The van der Waals surface area contributed by atoms with Crippen LogP contribution >= 0.6 is 11.6 Å². The Labute approximate surface area is 115 Å². The summed E-state index contributed by atoms with van der Waals surface area (Å²) in [6, 6.07) is 2.98. The van der Waals surface area contributed by atoms with Crippen LogP contribution in [0.3, 0.4) is 0 Å². The number of rotatable bonds is 3. The Morgan fingerprint density at radius 2 is 2.53 bits per heavy atom. The Morgan fingerprint density at radius 3 is 3.16 bits per heavy atom. The topological polar surface area (TPSA) is 95.2 Å². The second-order valence-electron chi connectivity index (χ2n) is 4.57. The molecule has 1 fully saturated rings. The zero-order valence-electron chi connectivity index (χ0n) is 10.2. The highest BCUT2D eigenvalue weighted by Gasteiger charge is 2.47. The minimum atomic E-state index is -1.05. The van der Waals surface area contributed by atoms with Gasteiger partial charge in [-0.25, -0.2) is 4.98 Å². The molecule has 19 heavy (non-hydrogen) atoms. The van der Waals surface area contributed by atoms with E-state index >= 15 is 0 Å². The summed E-state index contributed by atoms with van der Waals surface area (Å²) in [7, 11) is 0. The molecule has 0 saturated carbocycles. The van der Waals surface area contributed by atoms with Gasteiger partial charge < -0.3 is 15.2 Å². The molecule has 1 aliphatic heterocycles. The van der Waals surface area contributed by atoms with Gasteiger partial charge in [-0.05, 0) is 13.0 Å². The summed E-state index contributed by atoms with van der Waals surface area (Å²) in [5, 5.41) is 21.3. The molecule has 0 amide bonds. The van der Waals surface area contributed by atoms with Crippen molar-refractivity contribution in [2.24, 2.45) is 5.41 Å². The second-order valence-corrected chi connectivity index (χ2v) is 4.95. The first kappa shape index (κ1) is 13.6. The SMILES string of the molecule is CC1(C(=O)O)COCC1Nc1nccc(C#N)c1Cl. The molecule has 1 saturated heterocycles. The van der Waals surface area contributed by atoms with Crippen LogP contribution in [0, 0.1) is 16.7 Å². The normalized spacial score (nSPS) is 25.8. The molecule has 2 atom stereocenters. The van der Waals surface area contributed by atoms with Gasteiger partial charge in [-0.1, -0.05) is 11.6 Å². The number of nitriles is 1. The summed E-state index contributed by atoms with van der Waals surface area (Å²) in [4.78, 5) is 15.3. The Hall–Kier alpha value is -1.84. The second kappa shape index (κ2) is 5.03. The lowest BCUT2D eigenvalue weighted by molar-refractivity contribution is -0.148. The molecule has 100 valence electrons. The van der Waals surface area contributed by atoms with E-state index in [0.29, 0.717) is 5.82 Å². The summed E-state index contributed by atoms with van der Waals surface area (Å²) in [5.41, 5.74) is -0.761. The van der Waals surface area contributed by atoms with Gasteiger partial charge in [0.15, 0.2) is 0 Å². The number of nitrogens with one attached hydrogen (secondary N) is 1. The van der Waals surface area contributed by atoms with Gasteiger partial charge in [0.05, 0.1) is 24.8 Å². The third-order valence-electron chi connectivity index (χ3n) is 3.26. The molecule has 1 aliphatic rings. The summed E-state index contributed by atoms with van der Waals surface area (Å²) >= 11 is 6.02. The molecule has 2 heterocycles. The first-order valence-corrected chi connectivity index (χ1v) is 5.99. The molecule has 6 nitrogen and oxygen atoms in total. The third kappa shape index (κ3) is 2.35. The maximum absolute atomic E-state index is 11.3. The molecular formula is C12H12ClN3O3. The lowest BCUT2D eigenvalue weighted by Gasteiger charge is -2.26. The quantitative estimate of drug-likeness (QED) is 0.872. The highest BCUT2D eigenvalue weighted by Crippen LogP contribution is 2.33. The van der Waals surface area contributed by atoms with Crippen molar-refractivity contribution in [3.8, 4) is 6.07 Å². The monoisotopic (exact) mass is 281 g/mol. The van der Waals surface area contributed by atoms with Crippen LogP contribution in [-0.4, -0.2) is 35.3 Å². The van der Waals surface area contributed by atoms with Crippen molar-refractivity contribution in [3.63, 3.8) is 0 Å². The first-order valence-electron chi connectivity index (χ1n) is 5.61. The van der Waals surface area contributed by atoms with Crippen LogP contribution in [-0.2, 0) is 9.53 Å². The van der Waals surface area contributed by atoms with Crippen LogP contribution in [0.2, 0.25) is 5.02 Å². The fourth-order valence-corrected chi connectivity index (χ4v) is 2.09. The molecule has 0 aromatic carbocycles. The number of aliphatic carboxylic acids is 1. The van der Waals surface area contributed by atoms with Gasteiger partial charge in [-0.15, -0.1) is 0 Å². The highest BCUT2D eigenvalue weighted by atomic mass is 35.5. The van der Waals surface area contributed by atoms with Crippen molar-refractivity contribution < 1.29 is 14.6 Å². The predicted octanol–water partition coefficient (Wildman–Crippen LogP) is 1.51. The summed E-state index contributed by atoms with van der Waals surface area (Å²) in [6.07, 6.45) is 1.45. The molecule has 2 rings (SSSR count). The van der Waals surface area contributed by atoms with Crippen LogP contribution in [0.15, 0.2) is 12.3 Å². The largest absolute Gasteiger partial charge is 0.481 e. The molecule has 1 aromatic heterocycles. The van der Waals surface area contributed by atoms with Crippen molar-refractivity contribution in [1.82, 2.24) is 4.98 Å². The number of ether oxygens (including phenoxy) is 1. The van der Waals surface area contributed by atoms with E-state index < -0.39 is 17.4 Å². The van der Waals surface area contributed by atoms with E-state index in [1.165, 1.54) is 12.3 Å². The summed E-state index contributed by atoms with van der Waals surface area (Å²) < 4.78 is 5.22. The molecule has 0 bridgehead atoms. The Balaban J connectivity index is 2.27. The zero-order valence-corrected chi connectivity index (χ0v) is 10.9. The molecule has 0 spiro atoms. The van der Waals surface area contributed by atoms with Crippen molar-refractivity contribution in [2.45, 2.75) is 13.0 Å². The number of nitrogens with zero attached hydrogens (tertiary/aromatic N) is 2. The number of carbonyl (C=O) groups is 1. The van der Waals surface area contributed by atoms with Crippen LogP contribution in [0.5, 0.6) is 0 Å². The number of hydrogen-bond donors (Lipinski definition) is 2. The summed E-state index contributed by atoms with van der Waals surface area (Å²) in [5.74, 6) is -0.654. The van der Waals surface area contributed by atoms with Crippen molar-refractivity contribution >= 4 is 23.4 Å². The maximum Gasteiger partial charge on any atom is 0.313 e. The van der Waals surface area contributed by atoms with Gasteiger partial charge in [0.2, 0.25) is 0 Å². The number of pyridine rings is 1. The molecule has 0 radical (unpaired) electrons. The maximum atomic E-state index is 11.3. The standard InChI is InChI=1S/C12H12ClN3O3/c1-12(11(17)18)6-19-5-8(12)16-10-9(13)7(4-14)2-3-15-10/h2-3,8H,5-6H2,1H3,(H,15,16)(H,17,18). The predicted molar refractivity (Wildman–Crippen MR) is 67.9 cm³/mol. The molecule has 2 N–H and O–H groups in total. The Kier molecular flexibility index (Phi) is 3.60. The number of hydrogen-bond acceptors (Lipinski definition) is 5. The van der Waals surface area contributed by atoms with E-state index in [-0.39, 0.29) is 23.8 Å². The fourth-order valence-electron chi connectivity index (χ4n) is 1.88. The van der Waals surface area contributed by atoms with E-state index in [1.54, 1.807) is 6.92 Å². The van der Waals surface area contributed by atoms with Crippen LogP contribution < -0.4 is 5.32 Å². The molecule has 2 unspecified atom stereocenters. The number of carboxylic acid groups (broad SMARTS) is 1. The van der Waals surface area contributed by atoms with Gasteiger partial charge in [0, 0.05) is 6.20 Å². The number of anilines is 1. The summed E-state index contributed by atoms with van der Waals surface area (Å²) in [6.45, 7) is 1.97. The minimum Gasteiger partial charge on any atom is -0.481 e. The van der Waals surface area contributed by atoms with Crippen molar-refractivity contribution in [3.05, 3.63) is 22.8 Å². The van der Waals surface area contributed by atoms with E-state index in [1.807, 2.05) is 6.07 Å². The fraction of sp³-hybridized carbons (Fsp3) is 0.417. The van der Waals surface area contributed by atoms with Gasteiger partial charge in [-0.2, -0.15) is 5.26 Å². The molecule has 1 aromatic rings. The van der Waals surface area contributed by atoms with E-state index in [2.05, 4.69) is 10.3 Å². The number of aromatic nitrogens is 1. The van der Waals surface area contributed by atoms with Gasteiger partial charge in [-0.3, -0.25) is 4.79 Å². The lowest BCUT2D eigenvalue weighted by Crippen LogP contribution is -2.43. The average molecular weight is 282 g/mol. The molecule has 7 heteroatoms. The van der Waals surface area contributed by atoms with E-state index in [9.17, 15) is 9.90 Å². The van der Waals surface area contributed by atoms with Crippen LogP contribution in [0.1, 0.15) is 12.5 Å². The van der Waals surface area contributed by atoms with Crippen LogP contribution in [0.25, 0.3) is 0 Å². The van der Waals surface area contributed by atoms with Crippen molar-refractivity contribution in [2.75, 3.05) is 18.5 Å². The van der Waals surface area contributed by atoms with Gasteiger partial charge in [0.1, 0.15) is 22.3 Å². The molecular weight excluding hydrogens is 270 g/mol. The lowest BCUT2D eigenvalue weighted by atomic mass is 9.85. The zero-order chi connectivity index (χ0) is 14.0. The van der Waals surface area contributed by atoms with Crippen LogP contribution in [0.4, 0.5) is 5.82 Å². The van der Waals surface area contributed by atoms with Gasteiger partial charge >= 0.3 is 5.97 Å². The van der Waals surface area contributed by atoms with E-state index in [0.717, 1.165) is 0 Å². The smallest absolute Gasteiger partial charge is 0.313 e. The minimum absolute atomic E-state index is 0.121. The van der Waals surface area contributed by atoms with E-state index in [4.69, 9.17) is 21.6 Å². The number of halogens is 1. The Morgan fingerprint density at radius 1 is 1.79 bits per heavy atom. The first-order chi connectivity index (χ1) is 8.99. The van der Waals surface area contributed by atoms with Gasteiger partial charge in [0.25, 0.3) is 0 Å².